The number of H-pyrrole nitrogens is 1. The summed E-state index contributed by atoms with van der Waals surface area (Å²) < 4.78 is 0. The Bertz CT molecular complexity index is 895. The Labute approximate surface area is 130 Å². The zero-order valence-corrected chi connectivity index (χ0v) is 12.0. The van der Waals surface area contributed by atoms with Crippen molar-refractivity contribution < 1.29 is 14.5 Å². The first-order valence-corrected chi connectivity index (χ1v) is 6.68. The zero-order valence-electron chi connectivity index (χ0n) is 12.0. The minimum Gasteiger partial charge on any atom is -0.393 e. The Kier molecular flexibility index (Phi) is 3.21. The minimum atomic E-state index is -0.605. The van der Waals surface area contributed by atoms with E-state index in [4.69, 9.17) is 5.73 Å². The summed E-state index contributed by atoms with van der Waals surface area (Å²) in [4.78, 5) is 37.0. The van der Waals surface area contributed by atoms with E-state index in [-0.39, 0.29) is 28.3 Å². The highest BCUT2D eigenvalue weighted by Gasteiger charge is 2.31. The first-order chi connectivity index (χ1) is 10.9. The maximum atomic E-state index is 12.2. The number of nitro groups is 1. The Morgan fingerprint density at radius 3 is 2.74 bits per heavy atom. The quantitative estimate of drug-likeness (QED) is 0.263. The standard InChI is InChI=1S/C15H12N4O4/c1-7(20)8-4-5-17-11(8)6-9-13-10(18-15(9)21)2-3-12(14(13)16)19(22)23/h2-6,17H,16H2,1H3,(H,18,21)/b9-6-. The molecule has 2 heterocycles. The largest absolute Gasteiger partial charge is 0.393 e. The Morgan fingerprint density at radius 2 is 2.09 bits per heavy atom. The molecule has 0 radical (unpaired) electrons. The number of ketones is 1. The fourth-order valence-corrected chi connectivity index (χ4v) is 2.56. The lowest BCUT2D eigenvalue weighted by atomic mass is 10.0. The summed E-state index contributed by atoms with van der Waals surface area (Å²) in [6, 6.07) is 4.27. The average molecular weight is 312 g/mol. The van der Waals surface area contributed by atoms with Crippen molar-refractivity contribution in [1.29, 1.82) is 0 Å². The van der Waals surface area contributed by atoms with E-state index in [1.165, 1.54) is 25.1 Å². The molecule has 4 N–H and O–H groups in total. The number of anilines is 2. The van der Waals surface area contributed by atoms with Crippen LogP contribution in [0.3, 0.4) is 0 Å². The van der Waals surface area contributed by atoms with Gasteiger partial charge in [0.05, 0.1) is 16.2 Å². The van der Waals surface area contributed by atoms with Crippen LogP contribution in [0.5, 0.6) is 0 Å². The number of aromatic amines is 1. The number of hydrogen-bond acceptors (Lipinski definition) is 5. The highest BCUT2D eigenvalue weighted by atomic mass is 16.6. The minimum absolute atomic E-state index is 0.0898. The summed E-state index contributed by atoms with van der Waals surface area (Å²) in [5.74, 6) is -0.597. The number of carbonyl (C=O) groups excluding carboxylic acids is 2. The van der Waals surface area contributed by atoms with Gasteiger partial charge in [0.15, 0.2) is 5.78 Å². The number of aromatic nitrogens is 1. The number of Topliss-reactive ketones (excluding diaryl/α,β-unsaturated/α-hetero) is 1. The molecule has 1 aliphatic heterocycles. The number of nitrogens with one attached hydrogen (secondary N) is 2. The molecule has 8 heteroatoms. The van der Waals surface area contributed by atoms with Crippen molar-refractivity contribution in [2.24, 2.45) is 0 Å². The molecule has 1 amide bonds. The molecule has 0 spiro atoms. The summed E-state index contributed by atoms with van der Waals surface area (Å²) in [5, 5.41) is 13.6. The first-order valence-electron chi connectivity index (χ1n) is 6.68. The van der Waals surface area contributed by atoms with Gasteiger partial charge < -0.3 is 16.0 Å². The molecule has 1 aromatic heterocycles. The number of carbonyl (C=O) groups is 2. The molecule has 0 saturated carbocycles. The average Bonchev–Trinajstić information content (AvgIpc) is 3.05. The van der Waals surface area contributed by atoms with E-state index >= 15 is 0 Å². The van der Waals surface area contributed by atoms with Crippen LogP contribution in [0.2, 0.25) is 0 Å². The summed E-state index contributed by atoms with van der Waals surface area (Å²) >= 11 is 0. The monoisotopic (exact) mass is 312 g/mol. The van der Waals surface area contributed by atoms with Gasteiger partial charge in [-0.3, -0.25) is 19.7 Å². The number of amides is 1. The molecule has 23 heavy (non-hydrogen) atoms. The van der Waals surface area contributed by atoms with Crippen LogP contribution in [0, 0.1) is 10.1 Å². The van der Waals surface area contributed by atoms with E-state index in [9.17, 15) is 19.7 Å². The number of benzene rings is 1. The summed E-state index contributed by atoms with van der Waals surface area (Å²) in [5.41, 5.74) is 7.21. The number of fused-ring (bicyclic) bond motifs is 1. The van der Waals surface area contributed by atoms with Gasteiger partial charge in [0, 0.05) is 29.1 Å². The third-order valence-electron chi connectivity index (χ3n) is 3.63. The fourth-order valence-electron chi connectivity index (χ4n) is 2.56. The van der Waals surface area contributed by atoms with Crippen LogP contribution in [-0.2, 0) is 4.79 Å². The van der Waals surface area contributed by atoms with Gasteiger partial charge in [0.1, 0.15) is 5.69 Å². The molecular formula is C15H12N4O4. The molecule has 2 aromatic rings. The maximum Gasteiger partial charge on any atom is 0.292 e. The summed E-state index contributed by atoms with van der Waals surface area (Å²) in [7, 11) is 0. The Hall–Kier alpha value is -3.42. The number of hydrogen-bond donors (Lipinski definition) is 3. The van der Waals surface area contributed by atoms with Gasteiger partial charge in [-0.25, -0.2) is 0 Å². The molecule has 0 bridgehead atoms. The highest BCUT2D eigenvalue weighted by Crippen LogP contribution is 2.41. The fraction of sp³-hybridized carbons (Fsp3) is 0.0667. The van der Waals surface area contributed by atoms with Crippen molar-refractivity contribution in [3.63, 3.8) is 0 Å². The molecule has 0 aliphatic carbocycles. The molecule has 1 aromatic carbocycles. The predicted molar refractivity (Wildman–Crippen MR) is 84.8 cm³/mol. The smallest absolute Gasteiger partial charge is 0.292 e. The van der Waals surface area contributed by atoms with Gasteiger partial charge in [0.25, 0.3) is 11.6 Å². The Balaban J connectivity index is 2.20. The second-order valence-electron chi connectivity index (χ2n) is 5.05. The number of nitrogens with two attached hydrogens (primary N) is 1. The first kappa shape index (κ1) is 14.5. The van der Waals surface area contributed by atoms with Gasteiger partial charge in [0.2, 0.25) is 0 Å². The second-order valence-corrected chi connectivity index (χ2v) is 5.05. The molecular weight excluding hydrogens is 300 g/mol. The third-order valence-corrected chi connectivity index (χ3v) is 3.63. The lowest BCUT2D eigenvalue weighted by Gasteiger charge is -2.04. The summed E-state index contributed by atoms with van der Waals surface area (Å²) in [6.07, 6.45) is 3.05. The third kappa shape index (κ3) is 2.26. The molecule has 0 unspecified atom stereocenters. The van der Waals surface area contributed by atoms with E-state index in [1.807, 2.05) is 0 Å². The van der Waals surface area contributed by atoms with E-state index in [2.05, 4.69) is 10.3 Å². The molecule has 116 valence electrons. The van der Waals surface area contributed by atoms with Gasteiger partial charge in [-0.2, -0.15) is 0 Å². The van der Waals surface area contributed by atoms with Crippen molar-refractivity contribution in [1.82, 2.24) is 4.98 Å². The molecule has 0 fully saturated rings. The molecule has 0 saturated heterocycles. The number of nitro benzene ring substituents is 1. The van der Waals surface area contributed by atoms with Crippen LogP contribution >= 0.6 is 0 Å². The van der Waals surface area contributed by atoms with Crippen LogP contribution < -0.4 is 11.1 Å². The van der Waals surface area contributed by atoms with Gasteiger partial charge in [-0.05, 0) is 25.1 Å². The van der Waals surface area contributed by atoms with Crippen LogP contribution in [0.4, 0.5) is 17.1 Å². The van der Waals surface area contributed by atoms with Crippen molar-refractivity contribution >= 4 is 40.4 Å². The SMILES string of the molecule is CC(=O)c1cc[nH]c1/C=C1\C(=O)Nc2ccc([N+](=O)[O-])c(N)c21. The number of rotatable bonds is 3. The lowest BCUT2D eigenvalue weighted by Crippen LogP contribution is -2.04. The van der Waals surface area contributed by atoms with E-state index in [0.717, 1.165) is 0 Å². The summed E-state index contributed by atoms with van der Waals surface area (Å²) in [6.45, 7) is 1.41. The predicted octanol–water partition coefficient (Wildman–Crippen LogP) is 2.20. The van der Waals surface area contributed by atoms with Crippen molar-refractivity contribution in [3.05, 3.63) is 51.3 Å². The van der Waals surface area contributed by atoms with Crippen LogP contribution in [0.1, 0.15) is 28.5 Å². The molecule has 3 rings (SSSR count). The van der Waals surface area contributed by atoms with Gasteiger partial charge in [-0.15, -0.1) is 0 Å². The second kappa shape index (κ2) is 5.09. The molecule has 1 aliphatic rings. The number of nitrogen functional groups attached to an aromatic ring is 1. The lowest BCUT2D eigenvalue weighted by molar-refractivity contribution is -0.383. The normalized spacial score (nSPS) is 14.7. The number of nitrogens with zero attached hydrogens (tertiary/aromatic N) is 1. The Morgan fingerprint density at radius 1 is 1.35 bits per heavy atom. The van der Waals surface area contributed by atoms with Crippen LogP contribution in [-0.4, -0.2) is 21.6 Å². The van der Waals surface area contributed by atoms with Crippen molar-refractivity contribution in [2.45, 2.75) is 6.92 Å². The van der Waals surface area contributed by atoms with Gasteiger partial charge in [-0.1, -0.05) is 0 Å². The highest BCUT2D eigenvalue weighted by molar-refractivity contribution is 6.36. The van der Waals surface area contributed by atoms with Crippen molar-refractivity contribution in [3.8, 4) is 0 Å². The van der Waals surface area contributed by atoms with E-state index in [1.54, 1.807) is 12.3 Å². The van der Waals surface area contributed by atoms with E-state index in [0.29, 0.717) is 16.9 Å². The van der Waals surface area contributed by atoms with Crippen molar-refractivity contribution in [2.75, 3.05) is 11.1 Å². The maximum absolute atomic E-state index is 12.2. The topological polar surface area (TPSA) is 131 Å². The van der Waals surface area contributed by atoms with E-state index < -0.39 is 10.8 Å². The zero-order chi connectivity index (χ0) is 16.7. The van der Waals surface area contributed by atoms with Crippen LogP contribution in [0.25, 0.3) is 11.6 Å². The van der Waals surface area contributed by atoms with Gasteiger partial charge >= 0.3 is 0 Å². The van der Waals surface area contributed by atoms with Crippen LogP contribution in [0.15, 0.2) is 24.4 Å². The molecule has 8 nitrogen and oxygen atoms in total. The molecule has 0 atom stereocenters.